The summed E-state index contributed by atoms with van der Waals surface area (Å²) in [5, 5.41) is 19.2. The molecule has 2 N–H and O–H groups in total. The minimum Gasteiger partial charge on any atom is -0.493 e. The van der Waals surface area contributed by atoms with Gasteiger partial charge in [-0.05, 0) is 32.0 Å². The molecule has 136 valence electrons. The fourth-order valence-electron chi connectivity index (χ4n) is 3.01. The first kappa shape index (κ1) is 17.9. The molecule has 0 spiro atoms. The predicted molar refractivity (Wildman–Crippen MR) is 98.1 cm³/mol. The van der Waals surface area contributed by atoms with Crippen molar-refractivity contribution in [3.8, 4) is 5.88 Å². The number of quaternary nitrogens is 1. The molecule has 0 saturated carbocycles. The fourth-order valence-corrected chi connectivity index (χ4v) is 3.01. The van der Waals surface area contributed by atoms with Gasteiger partial charge in [0.2, 0.25) is 5.88 Å². The summed E-state index contributed by atoms with van der Waals surface area (Å²) in [6.07, 6.45) is 1.40. The minimum absolute atomic E-state index is 0.0220. The number of carbonyl (C=O) groups is 1. The summed E-state index contributed by atoms with van der Waals surface area (Å²) in [6.45, 7) is 7.90. The lowest BCUT2D eigenvalue weighted by molar-refractivity contribution is -0.897. The second kappa shape index (κ2) is 7.97. The number of nitrogens with zero attached hydrogens (tertiary/aromatic N) is 3. The number of aromatic nitrogens is 1. The number of para-hydroxylation sites is 1. The first-order valence-electron chi connectivity index (χ1n) is 8.79. The Morgan fingerprint density at radius 2 is 1.96 bits per heavy atom. The SMILES string of the molecule is CC[NH+](CC)CCn1c(O)c(N=NC(=O)c2ccco2)c2ccccc21. The van der Waals surface area contributed by atoms with Crippen molar-refractivity contribution in [3.05, 3.63) is 48.4 Å². The van der Waals surface area contributed by atoms with Crippen LogP contribution in [-0.2, 0) is 6.54 Å². The highest BCUT2D eigenvalue weighted by Crippen LogP contribution is 2.38. The van der Waals surface area contributed by atoms with Gasteiger partial charge in [-0.25, -0.2) is 0 Å². The van der Waals surface area contributed by atoms with E-state index in [9.17, 15) is 9.90 Å². The van der Waals surface area contributed by atoms with Gasteiger partial charge in [0.1, 0.15) is 0 Å². The second-order valence-electron chi connectivity index (χ2n) is 6.03. The third-order valence-corrected chi connectivity index (χ3v) is 4.58. The average molecular weight is 355 g/mol. The number of azo groups is 1. The monoisotopic (exact) mass is 355 g/mol. The average Bonchev–Trinajstić information content (AvgIpc) is 3.28. The van der Waals surface area contributed by atoms with Crippen LogP contribution in [0.15, 0.2) is 57.3 Å². The Balaban J connectivity index is 1.93. The van der Waals surface area contributed by atoms with E-state index in [4.69, 9.17) is 4.42 Å². The second-order valence-corrected chi connectivity index (χ2v) is 6.03. The van der Waals surface area contributed by atoms with Gasteiger partial charge >= 0.3 is 5.91 Å². The maximum Gasteiger partial charge on any atom is 0.331 e. The van der Waals surface area contributed by atoms with E-state index < -0.39 is 5.91 Å². The number of rotatable bonds is 7. The van der Waals surface area contributed by atoms with E-state index in [-0.39, 0.29) is 11.6 Å². The molecule has 0 fully saturated rings. The van der Waals surface area contributed by atoms with Crippen LogP contribution in [0.2, 0.25) is 0 Å². The molecule has 0 aliphatic rings. The summed E-state index contributed by atoms with van der Waals surface area (Å²) in [5.74, 6) is -0.449. The molecule has 1 amide bonds. The molecule has 0 aliphatic heterocycles. The highest BCUT2D eigenvalue weighted by Gasteiger charge is 2.18. The fraction of sp³-hybridized carbons (Fsp3) is 0.316. The minimum atomic E-state index is -0.584. The van der Waals surface area contributed by atoms with Gasteiger partial charge in [0.15, 0.2) is 11.4 Å². The number of fused-ring (bicyclic) bond motifs is 1. The molecule has 0 bridgehead atoms. The maximum absolute atomic E-state index is 12.0. The lowest BCUT2D eigenvalue weighted by Gasteiger charge is -2.16. The Kier molecular flexibility index (Phi) is 5.48. The molecule has 0 aliphatic carbocycles. The number of carbonyl (C=O) groups excluding carboxylic acids is 1. The summed E-state index contributed by atoms with van der Waals surface area (Å²) in [4.78, 5) is 13.4. The van der Waals surface area contributed by atoms with Crippen molar-refractivity contribution in [2.75, 3.05) is 19.6 Å². The molecule has 0 saturated heterocycles. The molecule has 26 heavy (non-hydrogen) atoms. The smallest absolute Gasteiger partial charge is 0.331 e. The van der Waals surface area contributed by atoms with Crippen molar-refractivity contribution in [3.63, 3.8) is 0 Å². The van der Waals surface area contributed by atoms with Crippen LogP contribution in [0.3, 0.4) is 0 Å². The van der Waals surface area contributed by atoms with Crippen LogP contribution in [0.5, 0.6) is 5.88 Å². The molecule has 1 aromatic carbocycles. The molecule has 0 unspecified atom stereocenters. The van der Waals surface area contributed by atoms with Gasteiger partial charge in [0, 0.05) is 5.39 Å². The Bertz CT molecular complexity index is 908. The lowest BCUT2D eigenvalue weighted by atomic mass is 10.2. The molecular weight excluding hydrogens is 332 g/mol. The lowest BCUT2D eigenvalue weighted by Crippen LogP contribution is -3.11. The van der Waals surface area contributed by atoms with Gasteiger partial charge in [-0.2, -0.15) is 0 Å². The van der Waals surface area contributed by atoms with Crippen molar-refractivity contribution >= 4 is 22.5 Å². The summed E-state index contributed by atoms with van der Waals surface area (Å²) in [7, 11) is 0. The van der Waals surface area contributed by atoms with Gasteiger partial charge in [-0.15, -0.1) is 10.2 Å². The molecule has 3 aromatic rings. The van der Waals surface area contributed by atoms with Crippen LogP contribution >= 0.6 is 0 Å². The van der Waals surface area contributed by atoms with Crippen LogP contribution in [0.25, 0.3) is 10.9 Å². The first-order chi connectivity index (χ1) is 12.7. The van der Waals surface area contributed by atoms with Crippen LogP contribution in [0.1, 0.15) is 24.4 Å². The van der Waals surface area contributed by atoms with Gasteiger partial charge < -0.3 is 19.0 Å². The van der Waals surface area contributed by atoms with E-state index in [2.05, 4.69) is 24.1 Å². The standard InChI is InChI=1S/C19H22N4O3/c1-3-22(4-2)11-12-23-15-9-6-5-8-14(15)17(19(23)25)20-21-18(24)16-10-7-13-26-16/h5-10,13,25H,3-4,11-12H2,1-2H3/p+1. The zero-order valence-electron chi connectivity index (χ0n) is 15.0. The van der Waals surface area contributed by atoms with Crippen LogP contribution in [0, 0.1) is 0 Å². The quantitative estimate of drug-likeness (QED) is 0.639. The van der Waals surface area contributed by atoms with E-state index >= 15 is 0 Å². The van der Waals surface area contributed by atoms with E-state index in [0.29, 0.717) is 12.2 Å². The van der Waals surface area contributed by atoms with Crippen molar-refractivity contribution in [2.45, 2.75) is 20.4 Å². The topological polar surface area (TPSA) is 84.5 Å². The zero-order chi connectivity index (χ0) is 18.5. The third kappa shape index (κ3) is 3.52. The predicted octanol–water partition coefficient (Wildman–Crippen LogP) is 2.79. The molecule has 3 rings (SSSR count). The summed E-state index contributed by atoms with van der Waals surface area (Å²) < 4.78 is 6.85. The van der Waals surface area contributed by atoms with Crippen LogP contribution < -0.4 is 4.90 Å². The van der Waals surface area contributed by atoms with Crippen molar-refractivity contribution < 1.29 is 19.2 Å². The van der Waals surface area contributed by atoms with Gasteiger partial charge in [0.05, 0.1) is 38.0 Å². The van der Waals surface area contributed by atoms with Gasteiger partial charge in [0.25, 0.3) is 0 Å². The van der Waals surface area contributed by atoms with Gasteiger partial charge in [-0.1, -0.05) is 18.2 Å². The summed E-state index contributed by atoms with van der Waals surface area (Å²) in [5.41, 5.74) is 1.17. The number of hydrogen-bond donors (Lipinski definition) is 2. The Labute approximate surface area is 151 Å². The molecular formula is C19H23N4O3+. The zero-order valence-corrected chi connectivity index (χ0v) is 15.0. The molecule has 2 aromatic heterocycles. The number of likely N-dealkylation sites (N-methyl/N-ethyl adjacent to an activating group) is 1. The number of nitrogens with one attached hydrogen (secondary N) is 1. The van der Waals surface area contributed by atoms with Crippen molar-refractivity contribution in [2.24, 2.45) is 10.2 Å². The Morgan fingerprint density at radius 3 is 2.65 bits per heavy atom. The summed E-state index contributed by atoms with van der Waals surface area (Å²) >= 11 is 0. The maximum atomic E-state index is 12.0. The van der Waals surface area contributed by atoms with Crippen molar-refractivity contribution in [1.29, 1.82) is 0 Å². The van der Waals surface area contributed by atoms with Gasteiger partial charge in [-0.3, -0.25) is 4.79 Å². The largest absolute Gasteiger partial charge is 0.493 e. The summed E-state index contributed by atoms with van der Waals surface area (Å²) in [6, 6.07) is 10.7. The van der Waals surface area contributed by atoms with Crippen molar-refractivity contribution in [1.82, 2.24) is 4.57 Å². The number of benzene rings is 1. The van der Waals surface area contributed by atoms with Crippen LogP contribution in [0.4, 0.5) is 5.69 Å². The Hall–Kier alpha value is -2.93. The van der Waals surface area contributed by atoms with E-state index in [0.717, 1.165) is 30.5 Å². The van der Waals surface area contributed by atoms with E-state index in [1.54, 1.807) is 6.07 Å². The normalized spacial score (nSPS) is 11.8. The van der Waals surface area contributed by atoms with E-state index in [1.165, 1.54) is 17.2 Å². The number of hydrogen-bond acceptors (Lipinski definition) is 4. The first-order valence-corrected chi connectivity index (χ1v) is 8.79. The molecule has 7 heteroatoms. The number of aromatic hydroxyl groups is 1. The van der Waals surface area contributed by atoms with E-state index in [1.807, 2.05) is 28.8 Å². The molecule has 0 atom stereocenters. The number of furan rings is 1. The molecule has 0 radical (unpaired) electrons. The number of amides is 1. The molecule has 2 heterocycles. The van der Waals surface area contributed by atoms with Crippen LogP contribution in [-0.4, -0.2) is 35.2 Å². The molecule has 7 nitrogen and oxygen atoms in total. The highest BCUT2D eigenvalue weighted by molar-refractivity contribution is 5.96. The highest BCUT2D eigenvalue weighted by atomic mass is 16.3. The Morgan fingerprint density at radius 1 is 1.19 bits per heavy atom. The third-order valence-electron chi connectivity index (χ3n) is 4.58.